The summed E-state index contributed by atoms with van der Waals surface area (Å²) in [6.07, 6.45) is 0.845. The first-order valence-electron chi connectivity index (χ1n) is 33.7. The molecule has 111 heavy (non-hydrogen) atoms. The molecule has 0 aromatic heterocycles. The third kappa shape index (κ3) is 24.6. The average Bonchev–Trinajstić information content (AvgIpc) is 0.775. The minimum Gasteiger partial charge on any atom is -0.507 e. The van der Waals surface area contributed by atoms with E-state index in [1.165, 1.54) is 73.9 Å². The molecule has 10 aromatic rings. The van der Waals surface area contributed by atoms with E-state index in [0.717, 1.165) is 39.3 Å². The Labute approximate surface area is 640 Å². The van der Waals surface area contributed by atoms with Crippen LogP contribution in [0, 0.1) is 6.92 Å². The fraction of sp³-hybridized carbons (Fsp3) is 0.179. The maximum absolute atomic E-state index is 12.8. The van der Waals surface area contributed by atoms with Gasteiger partial charge in [-0.2, -0.15) is 25.7 Å². The van der Waals surface area contributed by atoms with Gasteiger partial charge in [0.1, 0.15) is 74.2 Å². The van der Waals surface area contributed by atoms with Crippen molar-refractivity contribution < 1.29 is 109 Å². The molecule has 0 aliphatic heterocycles. The molecule has 0 aliphatic carbocycles. The van der Waals surface area contributed by atoms with Crippen molar-refractivity contribution in [1.29, 1.82) is 0 Å². The molecule has 33 heteroatoms. The van der Waals surface area contributed by atoms with Gasteiger partial charge in [-0.3, -0.25) is 29.1 Å². The van der Waals surface area contributed by atoms with Gasteiger partial charge in [-0.1, -0.05) is 83.5 Å². The lowest BCUT2D eigenvalue weighted by atomic mass is 10.0. The van der Waals surface area contributed by atoms with Crippen LogP contribution in [0.25, 0.3) is 0 Å². The predicted molar refractivity (Wildman–Crippen MR) is 417 cm³/mol. The van der Waals surface area contributed by atoms with Gasteiger partial charge >= 0.3 is 32.5 Å². The number of rotatable bonds is 31. The summed E-state index contributed by atoms with van der Waals surface area (Å²) in [6.45, 7) is 10.1. The molecule has 0 bridgehead atoms. The number of hydrogen-bond donors (Lipinski definition) is 14. The predicted octanol–water partition coefficient (Wildman–Crippen LogP) is 13.7. The van der Waals surface area contributed by atoms with E-state index in [1.807, 2.05) is 112 Å². The van der Waals surface area contributed by atoms with Crippen molar-refractivity contribution in [3.63, 3.8) is 0 Å². The van der Waals surface area contributed by atoms with Crippen molar-refractivity contribution in [3.05, 3.63) is 256 Å². The van der Waals surface area contributed by atoms with Crippen molar-refractivity contribution >= 4 is 89.9 Å². The molecule has 0 aliphatic rings. The molecule has 0 spiro atoms. The molecule has 0 radical (unpaired) electrons. The highest BCUT2D eigenvalue weighted by atomic mass is 32.2. The van der Waals surface area contributed by atoms with Crippen LogP contribution in [0.2, 0.25) is 0 Å². The number of methoxy groups -OCH3 is 3. The van der Waals surface area contributed by atoms with Crippen molar-refractivity contribution in [1.82, 2.24) is 11.2 Å². The second-order valence-corrected chi connectivity index (χ2v) is 25.8. The van der Waals surface area contributed by atoms with Crippen molar-refractivity contribution in [3.8, 4) is 51.7 Å². The van der Waals surface area contributed by atoms with Gasteiger partial charge in [0.05, 0.1) is 59.1 Å². The molecule has 10 aromatic carbocycles. The van der Waals surface area contributed by atoms with E-state index in [2.05, 4.69) is 21.3 Å². The molecule has 0 saturated carbocycles. The number of aromatic carboxylic acids is 2. The third-order valence-corrected chi connectivity index (χ3v) is 17.1. The Balaban J connectivity index is 0.000000208. The lowest BCUT2D eigenvalue weighted by Gasteiger charge is -2.23. The molecule has 0 unspecified atom stereocenters. The number of hydrogen-bond acceptors (Lipinski definition) is 23. The first kappa shape index (κ1) is 85.4. The summed E-state index contributed by atoms with van der Waals surface area (Å²) in [7, 11) is -5.14. The monoisotopic (exact) mass is 1560 g/mol. The summed E-state index contributed by atoms with van der Waals surface area (Å²) in [5, 5.41) is 67.9. The number of carbonyl (C=O) groups excluding carboxylic acids is 2. The number of hydrazine groups is 2. The van der Waals surface area contributed by atoms with Crippen LogP contribution in [0.4, 0.5) is 45.5 Å². The van der Waals surface area contributed by atoms with Crippen LogP contribution in [0.1, 0.15) is 96.9 Å². The van der Waals surface area contributed by atoms with E-state index in [4.69, 9.17) is 48.0 Å². The number of ether oxygens (including phenoxy) is 7. The second kappa shape index (κ2) is 40.9. The standard InChI is InChI=1S/C26H27NO6.C21H19NO4.C18H23N3O8S.C13H15N3O5S/c1-4-32-23-15-21(27-25(29)18-9-6-16(3)7-10-18)24(33-5-2)14-19(23)12-17-8-11-22(28)20(13-17)26(30)31;1-26-20-13-17(22-16-5-3-2-4-6-16)9-8-15(20)11-14-7-10-19(23)18(12-14)21(24)25;1-4-28-16-11-15(21(20-23)30(24,25)26)17(29-5-2)10-14(16)19-18(22)12-6-8-13(27-3)9-7-12;1-21-13-9-11(14-10-5-3-2-4-6-10)7-8-12(13)16(15-17)22(18,19)20/h6-11,13-15,28H,4-5,12H2,1-3H3,(H,27,29)(H,30,31);2-10,12-13,22-23H,11H2,1H3,(H,24,25);6-11,20,23H,4-5H2,1-3H3,(H,19,22)(H,24,25,26);2-9,14-15,17H,1H3,(H,18,19,20). The Morgan fingerprint density at radius 1 is 0.405 bits per heavy atom. The molecule has 586 valence electrons. The van der Waals surface area contributed by atoms with Gasteiger partial charge in [-0.25, -0.2) is 9.59 Å². The van der Waals surface area contributed by atoms with Crippen LogP contribution < -0.4 is 74.4 Å². The number of carbonyl (C=O) groups is 4. The molecule has 10 rings (SSSR count). The Morgan fingerprint density at radius 3 is 1.26 bits per heavy atom. The van der Waals surface area contributed by atoms with Gasteiger partial charge in [0.15, 0.2) is 0 Å². The Morgan fingerprint density at radius 2 is 0.820 bits per heavy atom. The number of carboxylic acid groups (broad SMARTS) is 2. The second-order valence-electron chi connectivity index (χ2n) is 23.3. The van der Waals surface area contributed by atoms with Crippen LogP contribution in [0.15, 0.2) is 206 Å². The van der Waals surface area contributed by atoms with Gasteiger partial charge < -0.3 is 74.9 Å². The fourth-order valence-electron chi connectivity index (χ4n) is 10.5. The van der Waals surface area contributed by atoms with Gasteiger partial charge in [0.25, 0.3) is 11.8 Å². The topological polar surface area (TPSA) is 442 Å². The molecule has 0 atom stereocenters. The number of nitrogens with zero attached hydrogens (tertiary/aromatic N) is 2. The van der Waals surface area contributed by atoms with Gasteiger partial charge in [0, 0.05) is 82.6 Å². The number of phenols is 2. The van der Waals surface area contributed by atoms with Crippen LogP contribution in [-0.4, -0.2) is 128 Å². The summed E-state index contributed by atoms with van der Waals surface area (Å²) < 4.78 is 102. The zero-order valence-corrected chi connectivity index (χ0v) is 62.9. The number of amides is 2. The highest BCUT2D eigenvalue weighted by Crippen LogP contribution is 2.41. The number of aromatic hydroxyl groups is 2. The fourth-order valence-corrected chi connectivity index (χ4v) is 11.5. The minimum absolute atomic E-state index is 0.0508. The van der Waals surface area contributed by atoms with Crippen LogP contribution in [0.5, 0.6) is 51.7 Å². The van der Waals surface area contributed by atoms with Gasteiger partial charge in [0.2, 0.25) is 0 Å². The zero-order chi connectivity index (χ0) is 81.0. The van der Waals surface area contributed by atoms with Gasteiger partial charge in [-0.15, -0.1) is 0 Å². The van der Waals surface area contributed by atoms with E-state index in [-0.39, 0.29) is 84.9 Å². The summed E-state index contributed by atoms with van der Waals surface area (Å²) in [5.74, 6) is -1.14. The SMILES string of the molecule is CCOc1cc(N(NO)S(=O)(=O)O)c(OCC)cc1NC(=O)c1ccc(OC)cc1.CCOc1cc(NC(=O)c2ccc(C)cc2)c(OCC)cc1Cc1ccc(O)c(C(=O)O)c1.COc1cc(Nc2ccccc2)ccc1Cc1ccc(O)c(C(=O)O)c1.COc1cc(Nc2ccccc2)ccc1N(NO)S(=O)(=O)O. The Hall–Kier alpha value is -12.9. The van der Waals surface area contributed by atoms with E-state index in [1.54, 1.807) is 87.7 Å². The largest absolute Gasteiger partial charge is 0.507 e. The number of carboxylic acids is 2. The molecule has 31 nitrogen and oxygen atoms in total. The molecule has 14 N–H and O–H groups in total. The number of anilines is 8. The Kier molecular flexibility index (Phi) is 31.5. The van der Waals surface area contributed by atoms with Crippen molar-refractivity contribution in [2.75, 3.05) is 77.9 Å². The number of para-hydroxylation sites is 2. The lowest BCUT2D eigenvalue weighted by Crippen LogP contribution is -2.40. The summed E-state index contributed by atoms with van der Waals surface area (Å²) >= 11 is 0. The van der Waals surface area contributed by atoms with Crippen LogP contribution >= 0.6 is 0 Å². The molecule has 0 saturated heterocycles. The van der Waals surface area contributed by atoms with E-state index in [0.29, 0.717) is 77.1 Å². The highest BCUT2D eigenvalue weighted by Gasteiger charge is 2.28. The first-order valence-corrected chi connectivity index (χ1v) is 36.5. The molecular weight excluding hydrogens is 1480 g/mol. The van der Waals surface area contributed by atoms with E-state index >= 15 is 0 Å². The van der Waals surface area contributed by atoms with Crippen LogP contribution in [0.3, 0.4) is 0 Å². The van der Waals surface area contributed by atoms with Crippen molar-refractivity contribution in [2.24, 2.45) is 0 Å². The highest BCUT2D eigenvalue weighted by molar-refractivity contribution is 7.87. The minimum atomic E-state index is -4.89. The Bertz CT molecular complexity index is 5050. The van der Waals surface area contributed by atoms with Crippen LogP contribution in [-0.2, 0) is 33.4 Å². The average molecular weight is 1570 g/mol. The number of nitrogens with one attached hydrogen (secondary N) is 6. The molecule has 2 amide bonds. The maximum Gasteiger partial charge on any atom is 0.375 e. The number of aryl methyl sites for hydroxylation is 1. The van der Waals surface area contributed by atoms with E-state index < -0.39 is 38.5 Å². The lowest BCUT2D eigenvalue weighted by molar-refractivity contribution is 0.0682. The summed E-state index contributed by atoms with van der Waals surface area (Å²) in [4.78, 5) is 47.9. The van der Waals surface area contributed by atoms with Crippen molar-refractivity contribution in [2.45, 2.75) is 47.5 Å². The summed E-state index contributed by atoms with van der Waals surface area (Å²) in [5.41, 5.74) is 11.3. The zero-order valence-electron chi connectivity index (χ0n) is 61.3. The van der Waals surface area contributed by atoms with Gasteiger partial charge in [-0.05, 0) is 161 Å². The molecule has 0 heterocycles. The quantitative estimate of drug-likeness (QED) is 0.0142. The summed E-state index contributed by atoms with van der Waals surface area (Å²) in [6, 6.07) is 58.1. The third-order valence-electron chi connectivity index (χ3n) is 15.6. The van der Waals surface area contributed by atoms with E-state index in [9.17, 15) is 61.1 Å². The smallest absolute Gasteiger partial charge is 0.375 e. The number of benzene rings is 10. The maximum atomic E-state index is 12.8. The normalized spacial score (nSPS) is 10.7. The first-order chi connectivity index (χ1) is 53.1. The molecular formula is C78H84N8O23S2. The molecule has 0 fully saturated rings.